The van der Waals surface area contributed by atoms with Gasteiger partial charge in [0, 0.05) is 34.7 Å². The van der Waals surface area contributed by atoms with Gasteiger partial charge in [0.25, 0.3) is 0 Å². The normalized spacial score (nSPS) is 11.2. The molecule has 0 bridgehead atoms. The van der Waals surface area contributed by atoms with E-state index in [9.17, 15) is 0 Å². The number of pyridine rings is 3. The predicted molar refractivity (Wildman–Crippen MR) is 270 cm³/mol. The second-order valence-corrected chi connectivity index (χ2v) is 16.7. The zero-order valence-electron chi connectivity index (χ0n) is 38.4. The average molecular weight is 1050 g/mol. The zero-order chi connectivity index (χ0) is 45.3. The van der Waals surface area contributed by atoms with Crippen molar-refractivity contribution in [2.75, 3.05) is 0 Å². The molecule has 6 heterocycles. The van der Waals surface area contributed by atoms with Crippen LogP contribution in [-0.4, -0.2) is 15.0 Å². The summed E-state index contributed by atoms with van der Waals surface area (Å²) in [6.45, 7) is 12.6. The van der Waals surface area contributed by atoms with Gasteiger partial charge in [-0.25, -0.2) is 0 Å². The van der Waals surface area contributed by atoms with E-state index in [1.165, 1.54) is 32.8 Å². The summed E-state index contributed by atoms with van der Waals surface area (Å²) in [5.41, 5.74) is 18.1. The first-order valence-corrected chi connectivity index (χ1v) is 22.7. The maximum atomic E-state index is 6.14. The minimum Gasteiger partial charge on any atom is -0.501 e. The second kappa shape index (κ2) is 19.3. The van der Waals surface area contributed by atoms with E-state index in [-0.39, 0.29) is 20.1 Å². The summed E-state index contributed by atoms with van der Waals surface area (Å²) >= 11 is 0. The molecule has 0 aliphatic heterocycles. The number of furan rings is 3. The third-order valence-corrected chi connectivity index (χ3v) is 12.2. The van der Waals surface area contributed by atoms with E-state index in [2.05, 4.69) is 127 Å². The molecule has 0 fully saturated rings. The molecule has 0 unspecified atom stereocenters. The molecule has 0 saturated carbocycles. The van der Waals surface area contributed by atoms with E-state index in [1.54, 1.807) is 0 Å². The maximum Gasteiger partial charge on any atom is 3.00 e. The first kappa shape index (κ1) is 45.0. The Kier molecular flexibility index (Phi) is 13.0. The van der Waals surface area contributed by atoms with Crippen LogP contribution < -0.4 is 0 Å². The van der Waals surface area contributed by atoms with Crippen LogP contribution in [0.3, 0.4) is 0 Å². The first-order chi connectivity index (χ1) is 32.3. The van der Waals surface area contributed by atoms with Crippen LogP contribution in [0.2, 0.25) is 0 Å². The molecule has 0 amide bonds. The number of fused-ring (bicyclic) bond motifs is 9. The first-order valence-electron chi connectivity index (χ1n) is 22.7. The summed E-state index contributed by atoms with van der Waals surface area (Å²) in [6, 6.07) is 53.2. The number of rotatable bonds is 6. The van der Waals surface area contributed by atoms with E-state index < -0.39 is 0 Å². The second-order valence-electron chi connectivity index (χ2n) is 16.7. The van der Waals surface area contributed by atoms with Gasteiger partial charge in [0.1, 0.15) is 16.7 Å². The maximum absolute atomic E-state index is 6.14. The van der Waals surface area contributed by atoms with Crippen LogP contribution in [-0.2, 0) is 39.4 Å². The van der Waals surface area contributed by atoms with E-state index in [0.29, 0.717) is 0 Å². The van der Waals surface area contributed by atoms with Crippen molar-refractivity contribution in [1.82, 2.24) is 15.0 Å². The molecule has 0 N–H and O–H groups in total. The van der Waals surface area contributed by atoms with Gasteiger partial charge in [0.15, 0.2) is 0 Å². The van der Waals surface area contributed by atoms with Gasteiger partial charge in [-0.2, -0.15) is 0 Å². The molecule has 6 aromatic heterocycles. The van der Waals surface area contributed by atoms with Crippen LogP contribution in [0.15, 0.2) is 159 Å². The number of aryl methyl sites for hydroxylation is 6. The van der Waals surface area contributed by atoms with Crippen molar-refractivity contribution < 1.29 is 33.4 Å². The fourth-order valence-corrected chi connectivity index (χ4v) is 8.77. The monoisotopic (exact) mass is 1050 g/mol. The van der Waals surface area contributed by atoms with Gasteiger partial charge in [0.2, 0.25) is 0 Å². The van der Waals surface area contributed by atoms with Gasteiger partial charge < -0.3 is 28.2 Å². The number of benzene rings is 6. The van der Waals surface area contributed by atoms with Crippen molar-refractivity contribution in [2.24, 2.45) is 0 Å². The number of para-hydroxylation sites is 3. The Morgan fingerprint density at radius 3 is 0.925 bits per heavy atom. The minimum atomic E-state index is 0. The molecule has 6 aromatic carbocycles. The molecule has 12 aromatic rings. The Morgan fingerprint density at radius 2 is 0.672 bits per heavy atom. The van der Waals surface area contributed by atoms with Crippen LogP contribution >= 0.6 is 0 Å². The minimum absolute atomic E-state index is 0. The zero-order valence-corrected chi connectivity index (χ0v) is 40.8. The molecule has 330 valence electrons. The van der Waals surface area contributed by atoms with E-state index >= 15 is 0 Å². The Morgan fingerprint density at radius 1 is 0.388 bits per heavy atom. The van der Waals surface area contributed by atoms with Crippen LogP contribution in [0.1, 0.15) is 54.2 Å². The van der Waals surface area contributed by atoms with Gasteiger partial charge in [-0.05, 0) is 72.7 Å². The van der Waals surface area contributed by atoms with Gasteiger partial charge in [-0.1, -0.05) is 164 Å². The largest absolute Gasteiger partial charge is 3.00 e. The van der Waals surface area contributed by atoms with Crippen molar-refractivity contribution in [3.63, 3.8) is 0 Å². The standard InChI is InChI=1S/3C20H16NO.Ir/c3*1-3-14-9-10-15(17-11-8-13(2)12-21-17)20-19(14)16-6-4-5-7-18(16)22-20;/h3*4-9,11-12H,3H2,1-2H3;/q3*-1;+3. The van der Waals surface area contributed by atoms with Crippen LogP contribution in [0.5, 0.6) is 0 Å². The molecule has 67 heavy (non-hydrogen) atoms. The van der Waals surface area contributed by atoms with Crippen molar-refractivity contribution in [1.29, 1.82) is 0 Å². The molecule has 7 heteroatoms. The molecule has 0 spiro atoms. The van der Waals surface area contributed by atoms with Crippen LogP contribution in [0.25, 0.3) is 99.6 Å². The number of nitrogens with zero attached hydrogens (tertiary/aromatic N) is 3. The SMILES string of the molecule is CCc1c[c-]c(-c2ccc(C)cn2)c2oc3ccccc3c12.CCc1c[c-]c(-c2ccc(C)cn2)c2oc3ccccc3c12.CCc1c[c-]c(-c2ccc(C)cn2)c2oc3ccccc3c12.[Ir+3]. The van der Waals surface area contributed by atoms with E-state index in [1.807, 2.05) is 94.0 Å². The smallest absolute Gasteiger partial charge is 0.501 e. The molecule has 0 radical (unpaired) electrons. The van der Waals surface area contributed by atoms with Crippen molar-refractivity contribution in [3.05, 3.63) is 198 Å². The number of hydrogen-bond acceptors (Lipinski definition) is 6. The Bertz CT molecular complexity index is 3290. The Balaban J connectivity index is 0.000000125. The summed E-state index contributed by atoms with van der Waals surface area (Å²) in [4.78, 5) is 13.6. The predicted octanol–water partition coefficient (Wildman–Crippen LogP) is 16.0. The average Bonchev–Trinajstić information content (AvgIpc) is 4.07. The summed E-state index contributed by atoms with van der Waals surface area (Å²) in [5, 5.41) is 7.06. The molecule has 12 rings (SSSR count). The van der Waals surface area contributed by atoms with Crippen LogP contribution in [0, 0.1) is 39.0 Å². The van der Waals surface area contributed by atoms with Crippen molar-refractivity contribution in [2.45, 2.75) is 60.8 Å². The summed E-state index contributed by atoms with van der Waals surface area (Å²) in [7, 11) is 0. The fourth-order valence-electron chi connectivity index (χ4n) is 8.77. The van der Waals surface area contributed by atoms with E-state index in [0.717, 1.165) is 119 Å². The molecule has 0 aliphatic rings. The molecule has 0 saturated heterocycles. The van der Waals surface area contributed by atoms with Crippen molar-refractivity contribution in [3.8, 4) is 33.8 Å². The number of hydrogen-bond donors (Lipinski definition) is 0. The molecule has 0 atom stereocenters. The quantitative estimate of drug-likeness (QED) is 0.154. The third-order valence-electron chi connectivity index (χ3n) is 12.2. The molecule has 6 nitrogen and oxygen atoms in total. The Labute approximate surface area is 404 Å². The third kappa shape index (κ3) is 8.57. The summed E-state index contributed by atoms with van der Waals surface area (Å²) in [6.07, 6.45) is 8.51. The summed E-state index contributed by atoms with van der Waals surface area (Å²) < 4.78 is 18.4. The summed E-state index contributed by atoms with van der Waals surface area (Å²) in [5.74, 6) is 0. The van der Waals surface area contributed by atoms with Crippen LogP contribution in [0.4, 0.5) is 0 Å². The van der Waals surface area contributed by atoms with Gasteiger partial charge in [0.05, 0.1) is 16.7 Å². The van der Waals surface area contributed by atoms with Gasteiger partial charge in [-0.15, -0.1) is 53.1 Å². The molecular formula is C60H48IrN3O3. The van der Waals surface area contributed by atoms with Gasteiger partial charge in [-0.3, -0.25) is 0 Å². The molecular weight excluding hydrogens is 1000 g/mol. The van der Waals surface area contributed by atoms with Gasteiger partial charge >= 0.3 is 20.1 Å². The van der Waals surface area contributed by atoms with Crippen molar-refractivity contribution >= 4 is 65.8 Å². The fraction of sp³-hybridized carbons (Fsp3) is 0.150. The molecule has 0 aliphatic carbocycles. The topological polar surface area (TPSA) is 78.1 Å². The number of aromatic nitrogens is 3. The van der Waals surface area contributed by atoms with E-state index in [4.69, 9.17) is 13.3 Å². The Hall–Kier alpha value is -7.18.